The van der Waals surface area contributed by atoms with Crippen molar-refractivity contribution in [1.82, 2.24) is 0 Å². The number of hydrogen-bond acceptors (Lipinski definition) is 2. The van der Waals surface area contributed by atoms with Gasteiger partial charge >= 0.3 is 0 Å². The first-order chi connectivity index (χ1) is 6.11. The molecular weight excluding hydrogens is 178 g/mol. The summed E-state index contributed by atoms with van der Waals surface area (Å²) in [5.41, 5.74) is 8.03. The summed E-state index contributed by atoms with van der Waals surface area (Å²) in [6.07, 6.45) is 3.40. The lowest BCUT2D eigenvalue weighted by atomic mass is 10.1. The van der Waals surface area contributed by atoms with Crippen LogP contribution >= 0.6 is 11.3 Å². The van der Waals surface area contributed by atoms with E-state index in [1.807, 2.05) is 11.4 Å². The minimum Gasteiger partial charge on any atom is -0.398 e. The van der Waals surface area contributed by atoms with Gasteiger partial charge in [-0.2, -0.15) is 0 Å². The van der Waals surface area contributed by atoms with Crippen LogP contribution in [0.25, 0.3) is 5.57 Å². The van der Waals surface area contributed by atoms with Crippen LogP contribution in [0.2, 0.25) is 0 Å². The van der Waals surface area contributed by atoms with Crippen molar-refractivity contribution in [2.24, 2.45) is 5.92 Å². The normalized spacial score (nSPS) is 12.5. The highest BCUT2D eigenvalue weighted by Crippen LogP contribution is 2.27. The average molecular weight is 195 g/mol. The van der Waals surface area contributed by atoms with E-state index in [0.717, 1.165) is 18.0 Å². The Morgan fingerprint density at radius 1 is 1.62 bits per heavy atom. The smallest absolute Gasteiger partial charge is 0.0525 e. The first kappa shape index (κ1) is 10.3. The van der Waals surface area contributed by atoms with Crippen molar-refractivity contribution in [2.75, 3.05) is 5.73 Å². The number of rotatable bonds is 3. The maximum atomic E-state index is 5.82. The Balaban J connectivity index is 2.73. The van der Waals surface area contributed by atoms with Crippen LogP contribution < -0.4 is 5.73 Å². The van der Waals surface area contributed by atoms with Crippen LogP contribution in [-0.2, 0) is 0 Å². The van der Waals surface area contributed by atoms with Gasteiger partial charge in [0.05, 0.1) is 4.88 Å². The van der Waals surface area contributed by atoms with Gasteiger partial charge in [0, 0.05) is 5.69 Å². The molecule has 1 rings (SSSR count). The minimum atomic E-state index is 0.719. The molecule has 0 amide bonds. The standard InChI is InChI=1S/C11H17NS/c1-8(2)4-5-9(3)11-10(12)6-7-13-11/h5-8H,4,12H2,1-3H3. The second-order valence-corrected chi connectivity index (χ2v) is 4.64. The molecule has 1 nitrogen and oxygen atoms in total. The van der Waals surface area contributed by atoms with E-state index in [1.54, 1.807) is 11.3 Å². The lowest BCUT2D eigenvalue weighted by molar-refractivity contribution is 0.664. The van der Waals surface area contributed by atoms with Gasteiger partial charge < -0.3 is 5.73 Å². The summed E-state index contributed by atoms with van der Waals surface area (Å²) < 4.78 is 0. The predicted octanol–water partition coefficient (Wildman–Crippen LogP) is 3.78. The Labute approximate surface area is 84.3 Å². The first-order valence-electron chi connectivity index (χ1n) is 4.61. The molecule has 0 aliphatic heterocycles. The third-order valence-electron chi connectivity index (χ3n) is 1.95. The van der Waals surface area contributed by atoms with Gasteiger partial charge in [-0.15, -0.1) is 11.3 Å². The molecule has 0 unspecified atom stereocenters. The van der Waals surface area contributed by atoms with Crippen molar-refractivity contribution in [2.45, 2.75) is 27.2 Å². The van der Waals surface area contributed by atoms with Gasteiger partial charge in [0.2, 0.25) is 0 Å². The second-order valence-electron chi connectivity index (χ2n) is 3.72. The summed E-state index contributed by atoms with van der Waals surface area (Å²) in [5.74, 6) is 0.719. The van der Waals surface area contributed by atoms with E-state index in [-0.39, 0.29) is 0 Å². The van der Waals surface area contributed by atoms with E-state index in [2.05, 4.69) is 26.8 Å². The van der Waals surface area contributed by atoms with Crippen LogP contribution in [0.5, 0.6) is 0 Å². The Morgan fingerprint density at radius 3 is 2.77 bits per heavy atom. The lowest BCUT2D eigenvalue weighted by Crippen LogP contribution is -1.87. The minimum absolute atomic E-state index is 0.719. The summed E-state index contributed by atoms with van der Waals surface area (Å²) >= 11 is 1.72. The van der Waals surface area contributed by atoms with Crippen molar-refractivity contribution in [3.63, 3.8) is 0 Å². The zero-order valence-corrected chi connectivity index (χ0v) is 9.32. The molecule has 0 fully saturated rings. The summed E-state index contributed by atoms with van der Waals surface area (Å²) in [5, 5.41) is 2.04. The molecule has 1 heterocycles. The largest absolute Gasteiger partial charge is 0.398 e. The van der Waals surface area contributed by atoms with Gasteiger partial charge in [-0.25, -0.2) is 0 Å². The Bertz CT molecular complexity index is 297. The third-order valence-corrected chi connectivity index (χ3v) is 3.01. The number of anilines is 1. The molecule has 13 heavy (non-hydrogen) atoms. The summed E-state index contributed by atoms with van der Waals surface area (Å²) in [6, 6.07) is 1.96. The summed E-state index contributed by atoms with van der Waals surface area (Å²) in [4.78, 5) is 1.22. The fraction of sp³-hybridized carbons (Fsp3) is 0.455. The molecule has 2 heteroatoms. The van der Waals surface area contributed by atoms with Crippen LogP contribution in [-0.4, -0.2) is 0 Å². The first-order valence-corrected chi connectivity index (χ1v) is 5.49. The van der Waals surface area contributed by atoms with Gasteiger partial charge in [0.25, 0.3) is 0 Å². The van der Waals surface area contributed by atoms with Crippen molar-refractivity contribution in [3.05, 3.63) is 22.4 Å². The highest BCUT2D eigenvalue weighted by molar-refractivity contribution is 7.11. The molecule has 0 saturated heterocycles. The SMILES string of the molecule is CC(=CCC(C)C)c1sccc1N. The van der Waals surface area contributed by atoms with Crippen molar-refractivity contribution >= 4 is 22.6 Å². The Kier molecular flexibility index (Phi) is 3.55. The van der Waals surface area contributed by atoms with Crippen molar-refractivity contribution < 1.29 is 0 Å². The zero-order chi connectivity index (χ0) is 9.84. The molecular formula is C11H17NS. The fourth-order valence-electron chi connectivity index (χ4n) is 1.14. The lowest BCUT2D eigenvalue weighted by Gasteiger charge is -2.02. The number of allylic oxidation sites excluding steroid dienone is 2. The van der Waals surface area contributed by atoms with Crippen LogP contribution in [0.3, 0.4) is 0 Å². The third kappa shape index (κ3) is 2.88. The maximum Gasteiger partial charge on any atom is 0.0525 e. The number of hydrogen-bond donors (Lipinski definition) is 1. The summed E-state index contributed by atoms with van der Waals surface area (Å²) in [7, 11) is 0. The molecule has 0 aliphatic rings. The molecule has 72 valence electrons. The molecule has 0 radical (unpaired) electrons. The Morgan fingerprint density at radius 2 is 2.31 bits per heavy atom. The molecule has 0 atom stereocenters. The molecule has 0 bridgehead atoms. The van der Waals surface area contributed by atoms with Crippen LogP contribution in [0, 0.1) is 5.92 Å². The van der Waals surface area contributed by atoms with E-state index >= 15 is 0 Å². The van der Waals surface area contributed by atoms with Crippen molar-refractivity contribution in [3.8, 4) is 0 Å². The van der Waals surface area contributed by atoms with Crippen LogP contribution in [0.4, 0.5) is 5.69 Å². The predicted molar refractivity (Wildman–Crippen MR) is 61.8 cm³/mol. The molecule has 1 aromatic rings. The van der Waals surface area contributed by atoms with E-state index in [4.69, 9.17) is 5.73 Å². The van der Waals surface area contributed by atoms with Gasteiger partial charge in [-0.3, -0.25) is 0 Å². The fourth-order valence-corrected chi connectivity index (χ4v) is 1.97. The van der Waals surface area contributed by atoms with Crippen LogP contribution in [0.15, 0.2) is 17.5 Å². The topological polar surface area (TPSA) is 26.0 Å². The van der Waals surface area contributed by atoms with Gasteiger partial charge in [0.1, 0.15) is 0 Å². The van der Waals surface area contributed by atoms with Gasteiger partial charge in [-0.05, 0) is 36.3 Å². The maximum absolute atomic E-state index is 5.82. The monoisotopic (exact) mass is 195 g/mol. The molecule has 1 aromatic heterocycles. The average Bonchev–Trinajstić information content (AvgIpc) is 2.47. The Hall–Kier alpha value is -0.760. The molecule has 0 aliphatic carbocycles. The number of thiophene rings is 1. The number of nitrogens with two attached hydrogens (primary N) is 1. The highest BCUT2D eigenvalue weighted by atomic mass is 32.1. The number of nitrogen functional groups attached to an aromatic ring is 1. The van der Waals surface area contributed by atoms with Crippen molar-refractivity contribution in [1.29, 1.82) is 0 Å². The molecule has 0 aromatic carbocycles. The second kappa shape index (κ2) is 4.47. The quantitative estimate of drug-likeness (QED) is 0.780. The molecule has 0 spiro atoms. The van der Waals surface area contributed by atoms with Crippen LogP contribution in [0.1, 0.15) is 32.1 Å². The van der Waals surface area contributed by atoms with E-state index in [0.29, 0.717) is 0 Å². The zero-order valence-electron chi connectivity index (χ0n) is 8.50. The van der Waals surface area contributed by atoms with Gasteiger partial charge in [-0.1, -0.05) is 19.9 Å². The van der Waals surface area contributed by atoms with Gasteiger partial charge in [0.15, 0.2) is 0 Å². The van der Waals surface area contributed by atoms with E-state index in [1.165, 1.54) is 10.5 Å². The van der Waals surface area contributed by atoms with E-state index < -0.39 is 0 Å². The molecule has 2 N–H and O–H groups in total. The summed E-state index contributed by atoms with van der Waals surface area (Å²) in [6.45, 7) is 6.58. The molecule has 0 saturated carbocycles. The van der Waals surface area contributed by atoms with E-state index in [9.17, 15) is 0 Å². The highest BCUT2D eigenvalue weighted by Gasteiger charge is 2.02.